The van der Waals surface area contributed by atoms with Crippen molar-refractivity contribution in [1.29, 1.82) is 0 Å². The maximum absolute atomic E-state index is 5.67. The second-order valence-corrected chi connectivity index (χ2v) is 6.50. The molecule has 0 aliphatic rings. The summed E-state index contributed by atoms with van der Waals surface area (Å²) in [6.07, 6.45) is 3.19. The Bertz CT molecular complexity index is 474. The van der Waals surface area contributed by atoms with Gasteiger partial charge in [-0.1, -0.05) is 31.9 Å². The minimum atomic E-state index is 0.750. The van der Waals surface area contributed by atoms with Crippen LogP contribution in [0.1, 0.15) is 19.3 Å². The standard InChI is InChI=1S/C17H18Br2O2/c18-14-4-8-16(9-5-14)20-12-2-1-3-13-21-17-10-6-15(19)7-11-17/h4-11H,1-3,12-13H2. The van der Waals surface area contributed by atoms with E-state index in [9.17, 15) is 0 Å². The molecule has 0 heterocycles. The van der Waals surface area contributed by atoms with E-state index < -0.39 is 0 Å². The quantitative estimate of drug-likeness (QED) is 0.506. The molecule has 2 nitrogen and oxygen atoms in total. The van der Waals surface area contributed by atoms with Gasteiger partial charge in [0.2, 0.25) is 0 Å². The van der Waals surface area contributed by atoms with Crippen LogP contribution in [0.3, 0.4) is 0 Å². The van der Waals surface area contributed by atoms with Crippen molar-refractivity contribution >= 4 is 31.9 Å². The molecular weight excluding hydrogens is 396 g/mol. The summed E-state index contributed by atoms with van der Waals surface area (Å²) in [6.45, 7) is 1.50. The van der Waals surface area contributed by atoms with Gasteiger partial charge in [0.1, 0.15) is 11.5 Å². The predicted molar refractivity (Wildman–Crippen MR) is 93.1 cm³/mol. The van der Waals surface area contributed by atoms with Crippen molar-refractivity contribution in [3.63, 3.8) is 0 Å². The Labute approximate surface area is 142 Å². The van der Waals surface area contributed by atoms with Gasteiger partial charge in [-0.2, -0.15) is 0 Å². The van der Waals surface area contributed by atoms with Crippen LogP contribution in [-0.2, 0) is 0 Å². The van der Waals surface area contributed by atoms with Gasteiger partial charge < -0.3 is 9.47 Å². The maximum Gasteiger partial charge on any atom is 0.119 e. The predicted octanol–water partition coefficient (Wildman–Crippen LogP) is 5.84. The van der Waals surface area contributed by atoms with Crippen LogP contribution in [0.5, 0.6) is 11.5 Å². The first kappa shape index (κ1) is 16.4. The van der Waals surface area contributed by atoms with Gasteiger partial charge in [0.05, 0.1) is 13.2 Å². The van der Waals surface area contributed by atoms with E-state index in [1.54, 1.807) is 0 Å². The fourth-order valence-corrected chi connectivity index (χ4v) is 2.35. The molecule has 2 aromatic carbocycles. The van der Waals surface area contributed by atoms with Crippen molar-refractivity contribution in [3.05, 3.63) is 57.5 Å². The Morgan fingerprint density at radius 3 is 1.33 bits per heavy atom. The summed E-state index contributed by atoms with van der Waals surface area (Å²) < 4.78 is 13.5. The van der Waals surface area contributed by atoms with E-state index in [1.165, 1.54) is 0 Å². The van der Waals surface area contributed by atoms with Crippen LogP contribution in [0.25, 0.3) is 0 Å². The first-order valence-electron chi connectivity index (χ1n) is 7.01. The molecule has 0 bridgehead atoms. The van der Waals surface area contributed by atoms with E-state index in [0.29, 0.717) is 0 Å². The summed E-state index contributed by atoms with van der Waals surface area (Å²) in [5.74, 6) is 1.84. The molecule has 0 spiro atoms. The van der Waals surface area contributed by atoms with Crippen molar-refractivity contribution in [3.8, 4) is 11.5 Å². The van der Waals surface area contributed by atoms with E-state index in [0.717, 1.165) is 52.9 Å². The van der Waals surface area contributed by atoms with Crippen molar-refractivity contribution in [2.75, 3.05) is 13.2 Å². The minimum absolute atomic E-state index is 0.750. The van der Waals surface area contributed by atoms with Crippen molar-refractivity contribution in [2.45, 2.75) is 19.3 Å². The van der Waals surface area contributed by atoms with Crippen LogP contribution >= 0.6 is 31.9 Å². The molecule has 2 aromatic rings. The van der Waals surface area contributed by atoms with Gasteiger partial charge in [0, 0.05) is 8.95 Å². The lowest BCUT2D eigenvalue weighted by molar-refractivity contribution is 0.279. The summed E-state index contributed by atoms with van der Waals surface area (Å²) in [7, 11) is 0. The molecule has 0 aromatic heterocycles. The summed E-state index contributed by atoms with van der Waals surface area (Å²) in [5, 5.41) is 0. The zero-order valence-corrected chi connectivity index (χ0v) is 14.9. The molecule has 0 amide bonds. The molecule has 0 unspecified atom stereocenters. The number of hydrogen-bond acceptors (Lipinski definition) is 2. The number of rotatable bonds is 8. The van der Waals surface area contributed by atoms with Crippen LogP contribution in [0.2, 0.25) is 0 Å². The van der Waals surface area contributed by atoms with Crippen LogP contribution in [0.15, 0.2) is 57.5 Å². The normalized spacial score (nSPS) is 10.4. The molecule has 112 valence electrons. The highest BCUT2D eigenvalue weighted by Gasteiger charge is 1.96. The van der Waals surface area contributed by atoms with Crippen LogP contribution in [-0.4, -0.2) is 13.2 Å². The Kier molecular flexibility index (Phi) is 7.10. The maximum atomic E-state index is 5.67. The summed E-state index contributed by atoms with van der Waals surface area (Å²) in [6, 6.07) is 15.8. The third-order valence-electron chi connectivity index (χ3n) is 2.95. The number of ether oxygens (including phenoxy) is 2. The third-order valence-corrected chi connectivity index (χ3v) is 4.01. The smallest absolute Gasteiger partial charge is 0.119 e. The highest BCUT2D eigenvalue weighted by Crippen LogP contribution is 2.17. The molecule has 0 saturated carbocycles. The Morgan fingerprint density at radius 2 is 0.952 bits per heavy atom. The average molecular weight is 414 g/mol. The molecule has 0 N–H and O–H groups in total. The van der Waals surface area contributed by atoms with Gasteiger partial charge in [0.15, 0.2) is 0 Å². The number of unbranched alkanes of at least 4 members (excludes halogenated alkanes) is 2. The van der Waals surface area contributed by atoms with Gasteiger partial charge in [-0.25, -0.2) is 0 Å². The van der Waals surface area contributed by atoms with Gasteiger partial charge in [-0.15, -0.1) is 0 Å². The molecule has 0 atom stereocenters. The molecule has 0 radical (unpaired) electrons. The number of halogens is 2. The molecule has 0 aliphatic carbocycles. The van der Waals surface area contributed by atoms with E-state index in [2.05, 4.69) is 31.9 Å². The number of hydrogen-bond donors (Lipinski definition) is 0. The summed E-state index contributed by atoms with van der Waals surface area (Å²) in [5.41, 5.74) is 0. The Hall–Kier alpha value is -1.00. The summed E-state index contributed by atoms with van der Waals surface area (Å²) >= 11 is 6.81. The monoisotopic (exact) mass is 412 g/mol. The van der Waals surface area contributed by atoms with Gasteiger partial charge in [-0.05, 0) is 67.8 Å². The Morgan fingerprint density at radius 1 is 0.571 bits per heavy atom. The van der Waals surface area contributed by atoms with E-state index >= 15 is 0 Å². The van der Waals surface area contributed by atoms with Gasteiger partial charge >= 0.3 is 0 Å². The molecule has 0 aliphatic heterocycles. The van der Waals surface area contributed by atoms with Crippen molar-refractivity contribution in [1.82, 2.24) is 0 Å². The zero-order valence-electron chi connectivity index (χ0n) is 11.7. The van der Waals surface area contributed by atoms with Gasteiger partial charge in [-0.3, -0.25) is 0 Å². The highest BCUT2D eigenvalue weighted by molar-refractivity contribution is 9.10. The van der Waals surface area contributed by atoms with E-state index in [4.69, 9.17) is 9.47 Å². The van der Waals surface area contributed by atoms with E-state index in [-0.39, 0.29) is 0 Å². The lowest BCUT2D eigenvalue weighted by atomic mass is 10.2. The minimum Gasteiger partial charge on any atom is -0.494 e. The average Bonchev–Trinajstić information content (AvgIpc) is 2.50. The largest absolute Gasteiger partial charge is 0.494 e. The van der Waals surface area contributed by atoms with Crippen LogP contribution in [0, 0.1) is 0 Å². The fourth-order valence-electron chi connectivity index (χ4n) is 1.82. The first-order chi connectivity index (χ1) is 10.2. The lowest BCUT2D eigenvalue weighted by Gasteiger charge is -2.07. The van der Waals surface area contributed by atoms with E-state index in [1.807, 2.05) is 48.5 Å². The molecule has 21 heavy (non-hydrogen) atoms. The summed E-state index contributed by atoms with van der Waals surface area (Å²) in [4.78, 5) is 0. The molecule has 0 saturated heterocycles. The SMILES string of the molecule is Brc1ccc(OCCCCCOc2ccc(Br)cc2)cc1. The van der Waals surface area contributed by atoms with Crippen molar-refractivity contribution in [2.24, 2.45) is 0 Å². The third kappa shape index (κ3) is 6.53. The Balaban J connectivity index is 1.52. The molecule has 2 rings (SSSR count). The molecule has 0 fully saturated rings. The highest BCUT2D eigenvalue weighted by atomic mass is 79.9. The van der Waals surface area contributed by atoms with Crippen LogP contribution < -0.4 is 9.47 Å². The molecular formula is C17H18Br2O2. The van der Waals surface area contributed by atoms with Gasteiger partial charge in [0.25, 0.3) is 0 Å². The van der Waals surface area contributed by atoms with Crippen molar-refractivity contribution < 1.29 is 9.47 Å². The fraction of sp³-hybridized carbons (Fsp3) is 0.294. The zero-order chi connectivity index (χ0) is 14.9. The first-order valence-corrected chi connectivity index (χ1v) is 8.59. The second-order valence-electron chi connectivity index (χ2n) is 4.67. The second kappa shape index (κ2) is 9.11. The topological polar surface area (TPSA) is 18.5 Å². The van der Waals surface area contributed by atoms with Crippen LogP contribution in [0.4, 0.5) is 0 Å². The lowest BCUT2D eigenvalue weighted by Crippen LogP contribution is -2.00. The number of benzene rings is 2. The molecule has 4 heteroatoms.